The number of benzene rings is 1. The fourth-order valence-corrected chi connectivity index (χ4v) is 2.75. The zero-order valence-electron chi connectivity index (χ0n) is 11.6. The molecular weight excluding hydrogens is 232 g/mol. The van der Waals surface area contributed by atoms with Gasteiger partial charge in [0.15, 0.2) is 0 Å². The molecule has 1 aliphatic carbocycles. The fraction of sp³-hybridized carbons (Fsp3) is 0.471. The lowest BCUT2D eigenvalue weighted by molar-refractivity contribution is 0.184. The molecule has 1 aliphatic rings. The molecule has 2 heteroatoms. The van der Waals surface area contributed by atoms with E-state index >= 15 is 0 Å². The molecule has 100 valence electrons. The standard InChI is InChI=1S/C17H22N2/c1-19(16-10-6-3-7-11-16)17(14-18)13-12-15-8-4-2-5-9-15/h2,4-5,8-9,12-13,16-17H,3,6-7,10-11H2,1H3/b13-12+. The van der Waals surface area contributed by atoms with E-state index in [0.29, 0.717) is 6.04 Å². The van der Waals surface area contributed by atoms with E-state index in [1.807, 2.05) is 30.4 Å². The average Bonchev–Trinajstić information content (AvgIpc) is 2.49. The zero-order chi connectivity index (χ0) is 13.5. The Labute approximate surface area is 116 Å². The molecule has 2 rings (SSSR count). The average molecular weight is 254 g/mol. The fourth-order valence-electron chi connectivity index (χ4n) is 2.75. The van der Waals surface area contributed by atoms with Crippen LogP contribution in [-0.4, -0.2) is 24.0 Å². The van der Waals surface area contributed by atoms with Crippen molar-refractivity contribution in [2.75, 3.05) is 7.05 Å². The Balaban J connectivity index is 1.99. The van der Waals surface area contributed by atoms with Crippen LogP contribution in [0.2, 0.25) is 0 Å². The predicted molar refractivity (Wildman–Crippen MR) is 79.5 cm³/mol. The van der Waals surface area contributed by atoms with Gasteiger partial charge in [0.1, 0.15) is 6.04 Å². The molecule has 1 aromatic carbocycles. The zero-order valence-corrected chi connectivity index (χ0v) is 11.6. The molecular formula is C17H22N2. The van der Waals surface area contributed by atoms with Gasteiger partial charge in [0.25, 0.3) is 0 Å². The number of hydrogen-bond donors (Lipinski definition) is 0. The molecule has 0 aromatic heterocycles. The molecule has 0 bridgehead atoms. The van der Waals surface area contributed by atoms with E-state index in [-0.39, 0.29) is 6.04 Å². The van der Waals surface area contributed by atoms with Crippen LogP contribution in [0.25, 0.3) is 6.08 Å². The van der Waals surface area contributed by atoms with Gasteiger partial charge in [-0.25, -0.2) is 0 Å². The highest BCUT2D eigenvalue weighted by molar-refractivity contribution is 5.50. The minimum atomic E-state index is -0.122. The van der Waals surface area contributed by atoms with Gasteiger partial charge in [-0.15, -0.1) is 0 Å². The van der Waals surface area contributed by atoms with Gasteiger partial charge in [-0.3, -0.25) is 4.90 Å². The van der Waals surface area contributed by atoms with Crippen molar-refractivity contribution in [3.63, 3.8) is 0 Å². The minimum Gasteiger partial charge on any atom is -0.285 e. The summed E-state index contributed by atoms with van der Waals surface area (Å²) in [4.78, 5) is 2.23. The third-order valence-electron chi connectivity index (χ3n) is 3.99. The highest BCUT2D eigenvalue weighted by Crippen LogP contribution is 2.23. The van der Waals surface area contributed by atoms with Crippen molar-refractivity contribution in [2.45, 2.75) is 44.2 Å². The lowest BCUT2D eigenvalue weighted by Crippen LogP contribution is -2.39. The third kappa shape index (κ3) is 3.94. The summed E-state index contributed by atoms with van der Waals surface area (Å²) in [5, 5.41) is 9.36. The summed E-state index contributed by atoms with van der Waals surface area (Å²) >= 11 is 0. The molecule has 1 fully saturated rings. The van der Waals surface area contributed by atoms with Crippen LogP contribution < -0.4 is 0 Å². The van der Waals surface area contributed by atoms with Crippen molar-refractivity contribution >= 4 is 6.08 Å². The Bertz CT molecular complexity index is 438. The molecule has 1 aromatic rings. The van der Waals surface area contributed by atoms with E-state index < -0.39 is 0 Å². The van der Waals surface area contributed by atoms with Crippen molar-refractivity contribution < 1.29 is 0 Å². The second-order valence-corrected chi connectivity index (χ2v) is 5.30. The lowest BCUT2D eigenvalue weighted by atomic mass is 9.93. The van der Waals surface area contributed by atoms with Crippen LogP contribution >= 0.6 is 0 Å². The Morgan fingerprint density at radius 2 is 1.89 bits per heavy atom. The first-order valence-corrected chi connectivity index (χ1v) is 7.16. The Morgan fingerprint density at radius 3 is 2.53 bits per heavy atom. The first-order valence-electron chi connectivity index (χ1n) is 7.16. The summed E-state index contributed by atoms with van der Waals surface area (Å²) in [5.74, 6) is 0. The summed E-state index contributed by atoms with van der Waals surface area (Å²) < 4.78 is 0. The third-order valence-corrected chi connectivity index (χ3v) is 3.99. The first-order chi connectivity index (χ1) is 9.31. The van der Waals surface area contributed by atoms with Gasteiger partial charge < -0.3 is 0 Å². The molecule has 0 saturated heterocycles. The van der Waals surface area contributed by atoms with Crippen LogP contribution in [0.5, 0.6) is 0 Å². The van der Waals surface area contributed by atoms with E-state index in [2.05, 4.69) is 30.1 Å². The molecule has 0 radical (unpaired) electrons. The topological polar surface area (TPSA) is 27.0 Å². The van der Waals surface area contributed by atoms with Crippen LogP contribution in [-0.2, 0) is 0 Å². The maximum Gasteiger partial charge on any atom is 0.117 e. The number of nitrogens with zero attached hydrogens (tertiary/aromatic N) is 2. The molecule has 19 heavy (non-hydrogen) atoms. The SMILES string of the molecule is CN(C(C#N)/C=C/c1ccccc1)C1CCCCC1. The van der Waals surface area contributed by atoms with Crippen LogP contribution in [0.1, 0.15) is 37.7 Å². The van der Waals surface area contributed by atoms with E-state index in [1.54, 1.807) is 0 Å². The molecule has 1 unspecified atom stereocenters. The molecule has 0 N–H and O–H groups in total. The van der Waals surface area contributed by atoms with E-state index in [1.165, 1.54) is 32.1 Å². The summed E-state index contributed by atoms with van der Waals surface area (Å²) in [5.41, 5.74) is 1.15. The van der Waals surface area contributed by atoms with Crippen molar-refractivity contribution in [2.24, 2.45) is 0 Å². The van der Waals surface area contributed by atoms with Gasteiger partial charge in [0, 0.05) is 6.04 Å². The van der Waals surface area contributed by atoms with Crippen LogP contribution in [0, 0.1) is 11.3 Å². The smallest absolute Gasteiger partial charge is 0.117 e. The molecule has 0 amide bonds. The highest BCUT2D eigenvalue weighted by Gasteiger charge is 2.22. The minimum absolute atomic E-state index is 0.122. The predicted octanol–water partition coefficient (Wildman–Crippen LogP) is 3.86. The van der Waals surface area contributed by atoms with Crippen LogP contribution in [0.3, 0.4) is 0 Å². The Hall–Kier alpha value is -1.59. The maximum atomic E-state index is 9.36. The summed E-state index contributed by atoms with van der Waals surface area (Å²) in [6, 6.07) is 13.0. The quantitative estimate of drug-likeness (QED) is 0.816. The maximum absolute atomic E-state index is 9.36. The van der Waals surface area contributed by atoms with Gasteiger partial charge in [-0.05, 0) is 25.5 Å². The number of likely N-dealkylation sites (N-methyl/N-ethyl adjacent to an activating group) is 1. The number of nitriles is 1. The molecule has 0 spiro atoms. The second kappa shape index (κ2) is 7.11. The monoisotopic (exact) mass is 254 g/mol. The van der Waals surface area contributed by atoms with Gasteiger partial charge >= 0.3 is 0 Å². The molecule has 0 aliphatic heterocycles. The summed E-state index contributed by atoms with van der Waals surface area (Å²) in [7, 11) is 2.08. The second-order valence-electron chi connectivity index (χ2n) is 5.30. The molecule has 2 nitrogen and oxygen atoms in total. The lowest BCUT2D eigenvalue weighted by Gasteiger charge is -2.33. The van der Waals surface area contributed by atoms with Crippen molar-refractivity contribution in [1.82, 2.24) is 4.90 Å². The van der Waals surface area contributed by atoms with Crippen molar-refractivity contribution in [1.29, 1.82) is 5.26 Å². The Kier molecular flexibility index (Phi) is 5.18. The summed E-state index contributed by atoms with van der Waals surface area (Å²) in [6.45, 7) is 0. The van der Waals surface area contributed by atoms with Gasteiger partial charge in [-0.2, -0.15) is 5.26 Å². The van der Waals surface area contributed by atoms with Crippen LogP contribution in [0.15, 0.2) is 36.4 Å². The normalized spacial score (nSPS) is 18.6. The molecule has 1 atom stereocenters. The first kappa shape index (κ1) is 13.8. The Morgan fingerprint density at radius 1 is 1.21 bits per heavy atom. The van der Waals surface area contributed by atoms with Crippen LogP contribution in [0.4, 0.5) is 0 Å². The number of rotatable bonds is 4. The van der Waals surface area contributed by atoms with Gasteiger partial charge in [0.05, 0.1) is 6.07 Å². The van der Waals surface area contributed by atoms with E-state index in [4.69, 9.17) is 0 Å². The molecule has 0 heterocycles. The largest absolute Gasteiger partial charge is 0.285 e. The van der Waals surface area contributed by atoms with Gasteiger partial charge in [-0.1, -0.05) is 61.7 Å². The molecule has 1 saturated carbocycles. The van der Waals surface area contributed by atoms with Gasteiger partial charge in [0.2, 0.25) is 0 Å². The van der Waals surface area contributed by atoms with Crippen molar-refractivity contribution in [3.8, 4) is 6.07 Å². The van der Waals surface area contributed by atoms with E-state index in [9.17, 15) is 5.26 Å². The van der Waals surface area contributed by atoms with E-state index in [0.717, 1.165) is 5.56 Å². The highest BCUT2D eigenvalue weighted by atomic mass is 15.2. The summed E-state index contributed by atoms with van der Waals surface area (Å²) in [6.07, 6.45) is 10.5. The van der Waals surface area contributed by atoms with Crippen molar-refractivity contribution in [3.05, 3.63) is 42.0 Å². The number of hydrogen-bond acceptors (Lipinski definition) is 2.